The molecule has 0 aliphatic carbocycles. The monoisotopic (exact) mass is 350 g/mol. The molecule has 2 aromatic rings. The molecular weight excluding hydrogens is 316 g/mol. The Morgan fingerprint density at radius 2 is 1.12 bits per heavy atom. The highest BCUT2D eigenvalue weighted by molar-refractivity contribution is 5.35. The zero-order chi connectivity index (χ0) is 18.5. The van der Waals surface area contributed by atoms with Crippen LogP contribution in [-0.2, 0) is 25.9 Å². The van der Waals surface area contributed by atoms with Crippen molar-refractivity contribution in [2.75, 3.05) is 13.1 Å². The van der Waals surface area contributed by atoms with Crippen LogP contribution in [0.25, 0.3) is 0 Å². The molecule has 26 heavy (non-hydrogen) atoms. The molecule has 140 valence electrons. The first-order valence-electron chi connectivity index (χ1n) is 10.2. The first kappa shape index (κ1) is 19.1. The molecule has 0 radical (unpaired) electrons. The summed E-state index contributed by atoms with van der Waals surface area (Å²) in [6.07, 6.45) is 2.38. The van der Waals surface area contributed by atoms with Crippen molar-refractivity contribution < 1.29 is 0 Å². The zero-order valence-electron chi connectivity index (χ0n) is 16.9. The molecule has 0 spiro atoms. The summed E-state index contributed by atoms with van der Waals surface area (Å²) < 4.78 is 0. The second kappa shape index (κ2) is 8.83. The fourth-order valence-electron chi connectivity index (χ4n) is 3.72. The first-order chi connectivity index (χ1) is 12.5. The molecule has 0 fully saturated rings. The highest BCUT2D eigenvalue weighted by Gasteiger charge is 2.10. The molecule has 0 saturated heterocycles. The molecule has 0 bridgehead atoms. The maximum absolute atomic E-state index is 3.41. The standard InChI is InChI=1S/2C12H17N/c1-9(2)10-3-4-12-8-13-6-5-11(12)7-10;1-9(2)11-4-3-10-5-6-13-8-12(10)7-11/h2*3-4,7,9,13H,5-6,8H2,1-2H3. The zero-order valence-corrected chi connectivity index (χ0v) is 16.9. The Balaban J connectivity index is 0.000000151. The first-order valence-corrected chi connectivity index (χ1v) is 10.2. The van der Waals surface area contributed by atoms with Gasteiger partial charge in [-0.05, 0) is 71.1 Å². The lowest BCUT2D eigenvalue weighted by Crippen LogP contribution is -2.23. The second-order valence-electron chi connectivity index (χ2n) is 8.22. The molecule has 2 N–H and O–H groups in total. The van der Waals surface area contributed by atoms with Crippen LogP contribution in [0.3, 0.4) is 0 Å². The number of rotatable bonds is 2. The molecule has 0 saturated carbocycles. The van der Waals surface area contributed by atoms with Crippen LogP contribution < -0.4 is 10.6 Å². The van der Waals surface area contributed by atoms with Crippen molar-refractivity contribution >= 4 is 0 Å². The van der Waals surface area contributed by atoms with E-state index in [1.165, 1.54) is 40.7 Å². The smallest absolute Gasteiger partial charge is 0.0208 e. The maximum atomic E-state index is 3.41. The van der Waals surface area contributed by atoms with E-state index in [1.54, 1.807) is 5.56 Å². The van der Waals surface area contributed by atoms with Gasteiger partial charge in [-0.2, -0.15) is 0 Å². The van der Waals surface area contributed by atoms with Crippen LogP contribution in [0.5, 0.6) is 0 Å². The summed E-state index contributed by atoms with van der Waals surface area (Å²) in [6, 6.07) is 13.8. The minimum Gasteiger partial charge on any atom is -0.312 e. The van der Waals surface area contributed by atoms with Crippen molar-refractivity contribution in [2.45, 2.75) is 65.5 Å². The van der Waals surface area contributed by atoms with E-state index in [0.717, 1.165) is 26.2 Å². The minimum atomic E-state index is 0.646. The summed E-state index contributed by atoms with van der Waals surface area (Å²) in [6.45, 7) is 13.4. The third-order valence-corrected chi connectivity index (χ3v) is 5.57. The second-order valence-corrected chi connectivity index (χ2v) is 8.22. The fourth-order valence-corrected chi connectivity index (χ4v) is 3.72. The van der Waals surface area contributed by atoms with E-state index in [9.17, 15) is 0 Å². The van der Waals surface area contributed by atoms with Crippen LogP contribution in [0, 0.1) is 0 Å². The van der Waals surface area contributed by atoms with Gasteiger partial charge in [0.05, 0.1) is 0 Å². The Hall–Kier alpha value is -1.64. The van der Waals surface area contributed by atoms with E-state index in [1.807, 2.05) is 0 Å². The van der Waals surface area contributed by atoms with Crippen molar-refractivity contribution in [1.29, 1.82) is 0 Å². The van der Waals surface area contributed by atoms with Crippen molar-refractivity contribution in [3.8, 4) is 0 Å². The lowest BCUT2D eigenvalue weighted by Gasteiger charge is -2.18. The average Bonchev–Trinajstić information content (AvgIpc) is 2.67. The van der Waals surface area contributed by atoms with Gasteiger partial charge >= 0.3 is 0 Å². The van der Waals surface area contributed by atoms with Gasteiger partial charge in [0, 0.05) is 13.1 Å². The molecule has 4 rings (SSSR count). The van der Waals surface area contributed by atoms with Gasteiger partial charge in [0.1, 0.15) is 0 Å². The van der Waals surface area contributed by atoms with Gasteiger partial charge in [-0.15, -0.1) is 0 Å². The van der Waals surface area contributed by atoms with Crippen LogP contribution in [-0.4, -0.2) is 13.1 Å². The predicted octanol–water partition coefficient (Wildman–Crippen LogP) is 4.91. The summed E-state index contributed by atoms with van der Waals surface area (Å²) in [4.78, 5) is 0. The Bertz CT molecular complexity index is 667. The topological polar surface area (TPSA) is 24.1 Å². The third kappa shape index (κ3) is 4.75. The van der Waals surface area contributed by atoms with Gasteiger partial charge in [-0.25, -0.2) is 0 Å². The fraction of sp³-hybridized carbons (Fsp3) is 0.500. The number of fused-ring (bicyclic) bond motifs is 2. The Morgan fingerprint density at radius 1 is 0.615 bits per heavy atom. The normalized spacial score (nSPS) is 15.9. The Kier molecular flexibility index (Phi) is 6.50. The molecule has 2 aliphatic heterocycles. The predicted molar refractivity (Wildman–Crippen MR) is 112 cm³/mol. The summed E-state index contributed by atoms with van der Waals surface area (Å²) in [5.41, 5.74) is 8.99. The number of benzene rings is 2. The molecular formula is C24H34N2. The van der Waals surface area contributed by atoms with Crippen LogP contribution in [0.15, 0.2) is 36.4 Å². The third-order valence-electron chi connectivity index (χ3n) is 5.57. The minimum absolute atomic E-state index is 0.646. The lowest BCUT2D eigenvalue weighted by molar-refractivity contribution is 0.641. The SMILES string of the molecule is CC(C)c1ccc2c(c1)CCNC2.CC(C)c1ccc2c(c1)CNCC2. The molecule has 2 heterocycles. The summed E-state index contributed by atoms with van der Waals surface area (Å²) >= 11 is 0. The molecule has 0 aromatic heterocycles. The highest BCUT2D eigenvalue weighted by atomic mass is 14.9. The van der Waals surface area contributed by atoms with Gasteiger partial charge in [0.25, 0.3) is 0 Å². The van der Waals surface area contributed by atoms with E-state index in [0.29, 0.717) is 11.8 Å². The lowest BCUT2D eigenvalue weighted by atomic mass is 9.94. The molecule has 2 heteroatoms. The number of nitrogens with one attached hydrogen (secondary N) is 2. The van der Waals surface area contributed by atoms with E-state index in [2.05, 4.69) is 74.7 Å². The summed E-state index contributed by atoms with van der Waals surface area (Å²) in [5.74, 6) is 1.30. The van der Waals surface area contributed by atoms with Crippen molar-refractivity contribution in [3.05, 3.63) is 69.8 Å². The van der Waals surface area contributed by atoms with Gasteiger partial charge < -0.3 is 10.6 Å². The molecule has 0 amide bonds. The quantitative estimate of drug-likeness (QED) is 0.804. The molecule has 2 aliphatic rings. The van der Waals surface area contributed by atoms with Gasteiger partial charge in [-0.1, -0.05) is 64.1 Å². The van der Waals surface area contributed by atoms with Crippen LogP contribution in [0.4, 0.5) is 0 Å². The summed E-state index contributed by atoms with van der Waals surface area (Å²) in [7, 11) is 0. The number of hydrogen-bond donors (Lipinski definition) is 2. The average molecular weight is 351 g/mol. The molecule has 2 nitrogen and oxygen atoms in total. The van der Waals surface area contributed by atoms with E-state index < -0.39 is 0 Å². The van der Waals surface area contributed by atoms with E-state index in [-0.39, 0.29) is 0 Å². The van der Waals surface area contributed by atoms with E-state index in [4.69, 9.17) is 0 Å². The van der Waals surface area contributed by atoms with Crippen molar-refractivity contribution in [2.24, 2.45) is 0 Å². The van der Waals surface area contributed by atoms with Crippen LogP contribution in [0.1, 0.15) is 72.9 Å². The van der Waals surface area contributed by atoms with Gasteiger partial charge in [0.2, 0.25) is 0 Å². The molecule has 0 atom stereocenters. The van der Waals surface area contributed by atoms with Gasteiger partial charge in [-0.3, -0.25) is 0 Å². The van der Waals surface area contributed by atoms with Crippen LogP contribution in [0.2, 0.25) is 0 Å². The summed E-state index contributed by atoms with van der Waals surface area (Å²) in [5, 5.41) is 6.80. The highest BCUT2D eigenvalue weighted by Crippen LogP contribution is 2.22. The Labute approximate surface area is 159 Å². The molecule has 2 aromatic carbocycles. The molecule has 0 unspecified atom stereocenters. The van der Waals surface area contributed by atoms with Crippen molar-refractivity contribution in [3.63, 3.8) is 0 Å². The van der Waals surface area contributed by atoms with E-state index >= 15 is 0 Å². The van der Waals surface area contributed by atoms with Gasteiger partial charge in [0.15, 0.2) is 0 Å². The van der Waals surface area contributed by atoms with Crippen LogP contribution >= 0.6 is 0 Å². The van der Waals surface area contributed by atoms with Crippen molar-refractivity contribution in [1.82, 2.24) is 10.6 Å². The largest absolute Gasteiger partial charge is 0.312 e. The number of hydrogen-bond acceptors (Lipinski definition) is 2. The Morgan fingerprint density at radius 3 is 1.73 bits per heavy atom. The maximum Gasteiger partial charge on any atom is 0.0208 e.